The number of thioether (sulfide) groups is 1. The Labute approximate surface area is 95.4 Å². The van der Waals surface area contributed by atoms with E-state index in [9.17, 15) is 4.79 Å². The van der Waals surface area contributed by atoms with Gasteiger partial charge >= 0.3 is 0 Å². The first-order chi connectivity index (χ1) is 6.59. The van der Waals surface area contributed by atoms with Crippen molar-refractivity contribution >= 4 is 39.3 Å². The van der Waals surface area contributed by atoms with Gasteiger partial charge in [0.15, 0.2) is 0 Å². The molecule has 1 aromatic rings. The van der Waals surface area contributed by atoms with Crippen LogP contribution < -0.4 is 11.5 Å². The van der Waals surface area contributed by atoms with E-state index in [0.717, 1.165) is 15.1 Å². The highest BCUT2D eigenvalue weighted by Crippen LogP contribution is 2.28. The number of anilines is 1. The van der Waals surface area contributed by atoms with E-state index in [1.165, 1.54) is 11.8 Å². The van der Waals surface area contributed by atoms with E-state index in [2.05, 4.69) is 15.9 Å². The molecular formula is C9H11BrN2OS. The lowest BCUT2D eigenvalue weighted by atomic mass is 10.3. The third-order valence-corrected chi connectivity index (χ3v) is 3.15. The zero-order chi connectivity index (χ0) is 10.6. The van der Waals surface area contributed by atoms with Gasteiger partial charge in [-0.05, 0) is 18.2 Å². The van der Waals surface area contributed by atoms with Crippen LogP contribution in [0, 0.1) is 0 Å². The van der Waals surface area contributed by atoms with Crippen LogP contribution in [0.4, 0.5) is 5.69 Å². The number of amides is 1. The number of carbonyl (C=O) groups is 1. The number of carbonyl (C=O) groups excluding carboxylic acids is 1. The zero-order valence-electron chi connectivity index (χ0n) is 7.50. The Hall–Kier alpha value is -0.680. The van der Waals surface area contributed by atoms with Crippen LogP contribution in [0.25, 0.3) is 0 Å². The van der Waals surface area contributed by atoms with Crippen molar-refractivity contribution in [3.8, 4) is 0 Å². The summed E-state index contributed by atoms with van der Waals surface area (Å²) in [7, 11) is 0. The molecule has 1 amide bonds. The molecule has 1 aromatic carbocycles. The number of rotatable bonds is 4. The first-order valence-electron chi connectivity index (χ1n) is 4.05. The van der Waals surface area contributed by atoms with Gasteiger partial charge in [0.2, 0.25) is 5.91 Å². The smallest absolute Gasteiger partial charge is 0.218 e. The molecule has 14 heavy (non-hydrogen) atoms. The molecule has 0 aliphatic heterocycles. The summed E-state index contributed by atoms with van der Waals surface area (Å²) < 4.78 is 0.980. The molecule has 76 valence electrons. The highest BCUT2D eigenvalue weighted by Gasteiger charge is 2.02. The average molecular weight is 275 g/mol. The Morgan fingerprint density at radius 1 is 1.50 bits per heavy atom. The van der Waals surface area contributed by atoms with Crippen molar-refractivity contribution in [3.05, 3.63) is 22.7 Å². The second-order valence-corrected chi connectivity index (χ2v) is 4.80. The van der Waals surface area contributed by atoms with Gasteiger partial charge in [-0.25, -0.2) is 0 Å². The SMILES string of the molecule is NC(=O)CCSc1cc(Br)ccc1N. The second kappa shape index (κ2) is 5.26. The lowest BCUT2D eigenvalue weighted by Gasteiger charge is -2.04. The van der Waals surface area contributed by atoms with Crippen LogP contribution in [0.1, 0.15) is 6.42 Å². The lowest BCUT2D eigenvalue weighted by Crippen LogP contribution is -2.10. The quantitative estimate of drug-likeness (QED) is 0.652. The fourth-order valence-electron chi connectivity index (χ4n) is 0.895. The van der Waals surface area contributed by atoms with E-state index >= 15 is 0 Å². The standard InChI is InChI=1S/C9H11BrN2OS/c10-6-1-2-7(11)8(5-6)14-4-3-9(12)13/h1-2,5H,3-4,11H2,(H2,12,13). The Bertz CT molecular complexity index is 344. The van der Waals surface area contributed by atoms with Gasteiger partial charge in [-0.1, -0.05) is 15.9 Å². The monoisotopic (exact) mass is 274 g/mol. The predicted octanol–water partition coefficient (Wildman–Crippen LogP) is 2.00. The molecular weight excluding hydrogens is 264 g/mol. The van der Waals surface area contributed by atoms with Crippen molar-refractivity contribution in [2.24, 2.45) is 5.73 Å². The highest BCUT2D eigenvalue weighted by molar-refractivity contribution is 9.10. The average Bonchev–Trinajstić information content (AvgIpc) is 2.10. The van der Waals surface area contributed by atoms with Crippen LogP contribution in [0.15, 0.2) is 27.6 Å². The summed E-state index contributed by atoms with van der Waals surface area (Å²) in [5.41, 5.74) is 11.5. The normalized spacial score (nSPS) is 10.1. The molecule has 4 N–H and O–H groups in total. The second-order valence-electron chi connectivity index (χ2n) is 2.75. The first-order valence-corrected chi connectivity index (χ1v) is 5.83. The number of hydrogen-bond donors (Lipinski definition) is 2. The van der Waals surface area contributed by atoms with Crippen LogP contribution in [0.3, 0.4) is 0 Å². The molecule has 0 aliphatic carbocycles. The van der Waals surface area contributed by atoms with Crippen LogP contribution in [-0.2, 0) is 4.79 Å². The predicted molar refractivity (Wildman–Crippen MR) is 63.1 cm³/mol. The topological polar surface area (TPSA) is 69.1 Å². The van der Waals surface area contributed by atoms with Gasteiger partial charge in [0.25, 0.3) is 0 Å². The Balaban J connectivity index is 2.57. The van der Waals surface area contributed by atoms with Crippen LogP contribution in [0.5, 0.6) is 0 Å². The van der Waals surface area contributed by atoms with E-state index in [4.69, 9.17) is 11.5 Å². The van der Waals surface area contributed by atoms with Crippen molar-refractivity contribution in [1.29, 1.82) is 0 Å². The summed E-state index contributed by atoms with van der Waals surface area (Å²) in [4.78, 5) is 11.5. The number of primary amides is 1. The molecule has 1 rings (SSSR count). The molecule has 0 saturated heterocycles. The number of benzene rings is 1. The molecule has 0 atom stereocenters. The molecule has 0 heterocycles. The van der Waals surface area contributed by atoms with E-state index in [-0.39, 0.29) is 5.91 Å². The van der Waals surface area contributed by atoms with Gasteiger partial charge < -0.3 is 11.5 Å². The summed E-state index contributed by atoms with van der Waals surface area (Å²) in [6, 6.07) is 5.64. The minimum atomic E-state index is -0.286. The largest absolute Gasteiger partial charge is 0.398 e. The molecule has 3 nitrogen and oxygen atoms in total. The maximum atomic E-state index is 10.5. The van der Waals surface area contributed by atoms with Crippen LogP contribution in [-0.4, -0.2) is 11.7 Å². The first kappa shape index (κ1) is 11.4. The van der Waals surface area contributed by atoms with Gasteiger partial charge in [-0.2, -0.15) is 0 Å². The lowest BCUT2D eigenvalue weighted by molar-refractivity contribution is -0.117. The van der Waals surface area contributed by atoms with Crippen LogP contribution >= 0.6 is 27.7 Å². The molecule has 0 unspecified atom stereocenters. The molecule has 0 fully saturated rings. The molecule has 0 aliphatic rings. The minimum Gasteiger partial charge on any atom is -0.398 e. The summed E-state index contributed by atoms with van der Waals surface area (Å²) in [5.74, 6) is 0.377. The summed E-state index contributed by atoms with van der Waals surface area (Å²) in [6.07, 6.45) is 0.372. The van der Waals surface area contributed by atoms with Crippen LogP contribution in [0.2, 0.25) is 0 Å². The molecule has 5 heteroatoms. The van der Waals surface area contributed by atoms with Gasteiger partial charge in [0.1, 0.15) is 0 Å². The van der Waals surface area contributed by atoms with Crippen molar-refractivity contribution in [1.82, 2.24) is 0 Å². The molecule has 0 spiro atoms. The van der Waals surface area contributed by atoms with Crippen molar-refractivity contribution in [3.63, 3.8) is 0 Å². The molecule has 0 bridgehead atoms. The van der Waals surface area contributed by atoms with E-state index in [0.29, 0.717) is 12.2 Å². The van der Waals surface area contributed by atoms with E-state index in [1.54, 1.807) is 0 Å². The molecule has 0 radical (unpaired) electrons. The Morgan fingerprint density at radius 3 is 2.86 bits per heavy atom. The maximum absolute atomic E-state index is 10.5. The maximum Gasteiger partial charge on any atom is 0.218 e. The van der Waals surface area contributed by atoms with Gasteiger partial charge in [0, 0.05) is 27.2 Å². The highest BCUT2D eigenvalue weighted by atomic mass is 79.9. The van der Waals surface area contributed by atoms with Gasteiger partial charge in [0.05, 0.1) is 0 Å². The molecule has 0 saturated carbocycles. The van der Waals surface area contributed by atoms with Crippen molar-refractivity contribution < 1.29 is 4.79 Å². The van der Waals surface area contributed by atoms with Gasteiger partial charge in [-0.3, -0.25) is 4.79 Å². The number of nitrogen functional groups attached to an aromatic ring is 1. The van der Waals surface area contributed by atoms with Crippen molar-refractivity contribution in [2.45, 2.75) is 11.3 Å². The zero-order valence-corrected chi connectivity index (χ0v) is 9.90. The fourth-order valence-corrected chi connectivity index (χ4v) is 2.38. The number of nitrogens with two attached hydrogens (primary N) is 2. The van der Waals surface area contributed by atoms with E-state index < -0.39 is 0 Å². The van der Waals surface area contributed by atoms with Crippen molar-refractivity contribution in [2.75, 3.05) is 11.5 Å². The van der Waals surface area contributed by atoms with Gasteiger partial charge in [-0.15, -0.1) is 11.8 Å². The third-order valence-electron chi connectivity index (χ3n) is 1.58. The summed E-state index contributed by atoms with van der Waals surface area (Å²) in [6.45, 7) is 0. The fraction of sp³-hybridized carbons (Fsp3) is 0.222. The Morgan fingerprint density at radius 2 is 2.21 bits per heavy atom. The molecule has 0 aromatic heterocycles. The minimum absolute atomic E-state index is 0.286. The summed E-state index contributed by atoms with van der Waals surface area (Å²) in [5, 5.41) is 0. The third kappa shape index (κ3) is 3.59. The number of halogens is 1. The van der Waals surface area contributed by atoms with E-state index in [1.807, 2.05) is 18.2 Å². The Kier molecular flexibility index (Phi) is 4.28. The number of hydrogen-bond acceptors (Lipinski definition) is 3. The summed E-state index contributed by atoms with van der Waals surface area (Å²) >= 11 is 4.89.